The van der Waals surface area contributed by atoms with Crippen LogP contribution in [0.5, 0.6) is 0 Å². The van der Waals surface area contributed by atoms with Crippen molar-refractivity contribution in [1.82, 2.24) is 9.55 Å². The molecular weight excluding hydrogens is 249 g/mol. The second-order valence-corrected chi connectivity index (χ2v) is 3.46. The van der Waals surface area contributed by atoms with Crippen molar-refractivity contribution in [3.05, 3.63) is 31.6 Å². The first-order valence-electron chi connectivity index (χ1n) is 4.34. The Morgan fingerprint density at radius 2 is 1.94 bits per heavy atom. The Balaban J connectivity index is 3.41. The summed E-state index contributed by atoms with van der Waals surface area (Å²) >= 11 is 5.53. The van der Waals surface area contributed by atoms with E-state index in [1.807, 2.05) is 4.98 Å². The van der Waals surface area contributed by atoms with Gasteiger partial charge in [0.05, 0.1) is 5.56 Å². The van der Waals surface area contributed by atoms with Gasteiger partial charge in [-0.3, -0.25) is 14.3 Å². The molecule has 0 unspecified atom stereocenters. The van der Waals surface area contributed by atoms with Gasteiger partial charge in [-0.25, -0.2) is 4.79 Å². The Kier molecular flexibility index (Phi) is 3.47. The zero-order valence-corrected chi connectivity index (χ0v) is 8.95. The highest BCUT2D eigenvalue weighted by molar-refractivity contribution is 6.30. The van der Waals surface area contributed by atoms with Crippen LogP contribution in [0.15, 0.2) is 9.59 Å². The Labute approximate surface area is 92.7 Å². The lowest BCUT2D eigenvalue weighted by Crippen LogP contribution is -2.41. The van der Waals surface area contributed by atoms with Gasteiger partial charge in [0.1, 0.15) is 11.7 Å². The largest absolute Gasteiger partial charge is 0.406 e. The van der Waals surface area contributed by atoms with Gasteiger partial charge in [0, 0.05) is 0 Å². The number of halogens is 4. The van der Waals surface area contributed by atoms with Gasteiger partial charge in [0.2, 0.25) is 0 Å². The third-order valence-electron chi connectivity index (χ3n) is 1.92. The Bertz CT molecular complexity index is 503. The van der Waals surface area contributed by atoms with Crippen molar-refractivity contribution >= 4 is 11.6 Å². The molecule has 0 fully saturated rings. The summed E-state index contributed by atoms with van der Waals surface area (Å²) in [6.07, 6.45) is -4.48. The molecule has 0 saturated heterocycles. The van der Waals surface area contributed by atoms with Gasteiger partial charge < -0.3 is 0 Å². The zero-order valence-electron chi connectivity index (χ0n) is 8.19. The molecule has 0 atom stereocenters. The number of aromatic nitrogens is 2. The minimum Gasteiger partial charge on any atom is -0.297 e. The van der Waals surface area contributed by atoms with Gasteiger partial charge in [-0.05, 0) is 6.42 Å². The SMILES string of the molecule is CCc1c(Cl)[nH]c(=O)n(CC(F)(F)F)c1=O. The van der Waals surface area contributed by atoms with Gasteiger partial charge in [0.15, 0.2) is 0 Å². The topological polar surface area (TPSA) is 54.9 Å². The Morgan fingerprint density at radius 1 is 1.38 bits per heavy atom. The molecule has 0 saturated carbocycles. The summed E-state index contributed by atoms with van der Waals surface area (Å²) in [5.74, 6) is 0. The normalized spacial score (nSPS) is 11.8. The second kappa shape index (κ2) is 4.32. The monoisotopic (exact) mass is 256 g/mol. The molecule has 0 aliphatic carbocycles. The number of nitrogens with zero attached hydrogens (tertiary/aromatic N) is 1. The summed E-state index contributed by atoms with van der Waals surface area (Å²) in [7, 11) is 0. The molecule has 0 aromatic carbocycles. The van der Waals surface area contributed by atoms with Gasteiger partial charge in [-0.1, -0.05) is 18.5 Å². The highest BCUT2D eigenvalue weighted by atomic mass is 35.5. The smallest absolute Gasteiger partial charge is 0.297 e. The minimum atomic E-state index is -4.63. The number of rotatable bonds is 2. The van der Waals surface area contributed by atoms with Crippen molar-refractivity contribution in [3.8, 4) is 0 Å². The maximum atomic E-state index is 12.1. The highest BCUT2D eigenvalue weighted by Gasteiger charge is 2.30. The molecule has 8 heteroatoms. The Morgan fingerprint density at radius 3 is 2.38 bits per heavy atom. The number of nitrogens with one attached hydrogen (secondary N) is 1. The molecule has 0 bridgehead atoms. The van der Waals surface area contributed by atoms with Crippen LogP contribution in [0.4, 0.5) is 13.2 Å². The number of aromatic amines is 1. The molecule has 1 heterocycles. The highest BCUT2D eigenvalue weighted by Crippen LogP contribution is 2.16. The van der Waals surface area contributed by atoms with Gasteiger partial charge in [-0.2, -0.15) is 13.2 Å². The lowest BCUT2D eigenvalue weighted by molar-refractivity contribution is -0.141. The molecule has 1 aromatic rings. The molecule has 4 nitrogen and oxygen atoms in total. The molecular formula is C8H8ClF3N2O2. The van der Waals surface area contributed by atoms with Crippen molar-refractivity contribution in [3.63, 3.8) is 0 Å². The van der Waals surface area contributed by atoms with Crippen molar-refractivity contribution in [2.75, 3.05) is 0 Å². The molecule has 0 spiro atoms. The van der Waals surface area contributed by atoms with E-state index in [1.54, 1.807) is 6.92 Å². The van der Waals surface area contributed by atoms with Crippen LogP contribution >= 0.6 is 11.6 Å². The fourth-order valence-electron chi connectivity index (χ4n) is 1.22. The molecule has 0 aliphatic rings. The molecule has 0 radical (unpaired) electrons. The van der Waals surface area contributed by atoms with E-state index in [2.05, 4.69) is 0 Å². The van der Waals surface area contributed by atoms with Crippen LogP contribution in [-0.2, 0) is 13.0 Å². The van der Waals surface area contributed by atoms with E-state index in [4.69, 9.17) is 11.6 Å². The first-order valence-corrected chi connectivity index (χ1v) is 4.72. The standard InChI is InChI=1S/C8H8ClF3N2O2/c1-2-4-5(9)13-7(16)14(6(4)15)3-8(10,11)12/h2-3H2,1H3,(H,13,16). The van der Waals surface area contributed by atoms with E-state index < -0.39 is 24.0 Å². The van der Waals surface area contributed by atoms with Crippen molar-refractivity contribution in [2.45, 2.75) is 26.1 Å². The van der Waals surface area contributed by atoms with E-state index in [9.17, 15) is 22.8 Å². The second-order valence-electron chi connectivity index (χ2n) is 3.08. The third kappa shape index (κ3) is 2.66. The molecule has 1 aromatic heterocycles. The molecule has 1 rings (SSSR count). The van der Waals surface area contributed by atoms with Crippen LogP contribution in [0, 0.1) is 0 Å². The lowest BCUT2D eigenvalue weighted by Gasteiger charge is -2.10. The van der Waals surface area contributed by atoms with Crippen LogP contribution in [0.2, 0.25) is 5.15 Å². The van der Waals surface area contributed by atoms with E-state index in [0.717, 1.165) is 0 Å². The third-order valence-corrected chi connectivity index (χ3v) is 2.24. The number of hydrogen-bond donors (Lipinski definition) is 1. The van der Waals surface area contributed by atoms with Crippen LogP contribution < -0.4 is 11.2 Å². The fraction of sp³-hybridized carbons (Fsp3) is 0.500. The van der Waals surface area contributed by atoms with Crippen LogP contribution in [0.3, 0.4) is 0 Å². The number of H-pyrrole nitrogens is 1. The first kappa shape index (κ1) is 12.8. The van der Waals surface area contributed by atoms with Gasteiger partial charge in [-0.15, -0.1) is 0 Å². The first-order chi connectivity index (χ1) is 7.26. The number of hydrogen-bond acceptors (Lipinski definition) is 2. The van der Waals surface area contributed by atoms with Gasteiger partial charge in [0.25, 0.3) is 5.56 Å². The predicted molar refractivity (Wildman–Crippen MR) is 51.8 cm³/mol. The van der Waals surface area contributed by atoms with E-state index in [-0.39, 0.29) is 21.7 Å². The maximum Gasteiger partial charge on any atom is 0.406 e. The fourth-order valence-corrected chi connectivity index (χ4v) is 1.51. The minimum absolute atomic E-state index is 0.0366. The summed E-state index contributed by atoms with van der Waals surface area (Å²) < 4.78 is 36.4. The summed E-state index contributed by atoms with van der Waals surface area (Å²) in [5, 5.41) is -0.212. The number of alkyl halides is 3. The van der Waals surface area contributed by atoms with E-state index in [1.165, 1.54) is 0 Å². The van der Waals surface area contributed by atoms with E-state index in [0.29, 0.717) is 0 Å². The van der Waals surface area contributed by atoms with E-state index >= 15 is 0 Å². The average Bonchev–Trinajstić information content (AvgIpc) is 2.11. The summed E-state index contributed by atoms with van der Waals surface area (Å²) in [4.78, 5) is 24.6. The van der Waals surface area contributed by atoms with Crippen molar-refractivity contribution in [1.29, 1.82) is 0 Å². The van der Waals surface area contributed by atoms with Gasteiger partial charge >= 0.3 is 11.9 Å². The van der Waals surface area contributed by atoms with Crippen molar-refractivity contribution in [2.24, 2.45) is 0 Å². The summed E-state index contributed by atoms with van der Waals surface area (Å²) in [6.45, 7) is -0.0653. The molecule has 0 amide bonds. The average molecular weight is 257 g/mol. The predicted octanol–water partition coefficient (Wildman–Crippen LogP) is 1.31. The molecule has 1 N–H and O–H groups in total. The lowest BCUT2D eigenvalue weighted by atomic mass is 10.2. The summed E-state index contributed by atoms with van der Waals surface area (Å²) in [5.41, 5.74) is -2.20. The van der Waals surface area contributed by atoms with Crippen molar-refractivity contribution < 1.29 is 13.2 Å². The quantitative estimate of drug-likeness (QED) is 0.812. The summed E-state index contributed by atoms with van der Waals surface area (Å²) in [6, 6.07) is 0. The molecule has 90 valence electrons. The van der Waals surface area contributed by atoms with Crippen LogP contribution in [-0.4, -0.2) is 15.7 Å². The Hall–Kier alpha value is -1.24. The van der Waals surface area contributed by atoms with Crippen LogP contribution in [0.25, 0.3) is 0 Å². The maximum absolute atomic E-state index is 12.1. The van der Waals surface area contributed by atoms with Crippen LogP contribution in [0.1, 0.15) is 12.5 Å². The zero-order chi connectivity index (χ0) is 12.5. The molecule has 16 heavy (non-hydrogen) atoms. The molecule has 0 aliphatic heterocycles.